The second-order valence-corrected chi connectivity index (χ2v) is 7.18. The number of non-ortho nitro benzene ring substituents is 1. The van der Waals surface area contributed by atoms with Crippen molar-refractivity contribution in [1.29, 1.82) is 0 Å². The van der Waals surface area contributed by atoms with E-state index in [4.69, 9.17) is 14.2 Å². The van der Waals surface area contributed by atoms with Gasteiger partial charge in [0.25, 0.3) is 11.7 Å². The van der Waals surface area contributed by atoms with E-state index in [-0.39, 0.29) is 29.6 Å². The number of amidine groups is 1. The molecule has 12 heteroatoms. The number of hydrogen-bond donors (Lipinski definition) is 0. The highest BCUT2D eigenvalue weighted by atomic mass is 19.2. The van der Waals surface area contributed by atoms with Gasteiger partial charge in [0.15, 0.2) is 11.6 Å². The molecule has 3 rings (SSSR count). The number of methoxy groups -OCH3 is 2. The number of hydrogen-bond acceptors (Lipinski definition) is 8. The maximum Gasteiger partial charge on any atom is 0.423 e. The highest BCUT2D eigenvalue weighted by molar-refractivity contribution is 5.94. The van der Waals surface area contributed by atoms with Crippen molar-refractivity contribution in [3.63, 3.8) is 0 Å². The number of halogens is 2. The minimum Gasteiger partial charge on any atom is -0.469 e. The molecule has 1 heterocycles. The summed E-state index contributed by atoms with van der Waals surface area (Å²) in [5.41, 5.74) is -1.49. The zero-order valence-corrected chi connectivity index (χ0v) is 17.8. The molecule has 2 aromatic carbocycles. The Kier molecular flexibility index (Phi) is 6.56. The standard InChI is InChI=1S/C21H19F2N3O7/c1-21(12-4-9-16(22)17(23)10-12)15(18(27)31-2)11-25(19(24-21)32-3)20(28)33-14-7-5-13(6-8-14)26(29)30/h4-10,15H,11H2,1-3H3. The second kappa shape index (κ2) is 9.18. The number of aliphatic imine (C=N–C) groups is 1. The Morgan fingerprint density at radius 2 is 1.82 bits per heavy atom. The van der Waals surface area contributed by atoms with E-state index >= 15 is 0 Å². The highest BCUT2D eigenvalue weighted by Gasteiger charge is 2.49. The number of nitro benzene ring substituents is 1. The lowest BCUT2D eigenvalue weighted by molar-refractivity contribution is -0.384. The molecule has 0 bridgehead atoms. The lowest BCUT2D eigenvalue weighted by Crippen LogP contribution is -2.54. The molecule has 0 spiro atoms. The Hall–Kier alpha value is -4.09. The Balaban J connectivity index is 1.97. The summed E-state index contributed by atoms with van der Waals surface area (Å²) in [6.07, 6.45) is -0.981. The largest absolute Gasteiger partial charge is 0.469 e. The number of carbonyl (C=O) groups excluding carboxylic acids is 2. The average Bonchev–Trinajstić information content (AvgIpc) is 2.80. The van der Waals surface area contributed by atoms with Crippen LogP contribution in [0.4, 0.5) is 19.3 Å². The lowest BCUT2D eigenvalue weighted by Gasteiger charge is -2.40. The van der Waals surface area contributed by atoms with Gasteiger partial charge in [0.05, 0.1) is 19.1 Å². The molecule has 1 aliphatic heterocycles. The van der Waals surface area contributed by atoms with Crippen LogP contribution in [0, 0.1) is 27.7 Å². The number of nitro groups is 1. The van der Waals surface area contributed by atoms with Crippen LogP contribution in [0.15, 0.2) is 47.5 Å². The number of nitrogens with zero attached hydrogens (tertiary/aromatic N) is 3. The summed E-state index contributed by atoms with van der Waals surface area (Å²) >= 11 is 0. The van der Waals surface area contributed by atoms with Crippen LogP contribution in [0.3, 0.4) is 0 Å². The molecule has 2 aromatic rings. The maximum absolute atomic E-state index is 13.9. The van der Waals surface area contributed by atoms with Crippen LogP contribution in [-0.2, 0) is 19.8 Å². The van der Waals surface area contributed by atoms with E-state index in [1.54, 1.807) is 0 Å². The van der Waals surface area contributed by atoms with Crippen molar-refractivity contribution in [2.75, 3.05) is 20.8 Å². The Morgan fingerprint density at radius 1 is 1.15 bits per heavy atom. The van der Waals surface area contributed by atoms with Gasteiger partial charge in [-0.3, -0.25) is 14.9 Å². The van der Waals surface area contributed by atoms with Gasteiger partial charge in [0, 0.05) is 18.7 Å². The fraction of sp³-hybridized carbons (Fsp3) is 0.286. The van der Waals surface area contributed by atoms with Gasteiger partial charge in [-0.05, 0) is 36.8 Å². The molecule has 0 aromatic heterocycles. The summed E-state index contributed by atoms with van der Waals surface area (Å²) < 4.78 is 42.7. The minimum absolute atomic E-state index is 0.00427. The molecule has 0 aliphatic carbocycles. The van der Waals surface area contributed by atoms with Crippen LogP contribution in [0.25, 0.3) is 0 Å². The van der Waals surface area contributed by atoms with Crippen LogP contribution >= 0.6 is 0 Å². The molecular weight excluding hydrogens is 444 g/mol. The van der Waals surface area contributed by atoms with Crippen molar-refractivity contribution < 1.29 is 37.5 Å². The van der Waals surface area contributed by atoms with Gasteiger partial charge < -0.3 is 14.2 Å². The first-order valence-corrected chi connectivity index (χ1v) is 9.51. The van der Waals surface area contributed by atoms with Gasteiger partial charge in [0.1, 0.15) is 17.2 Å². The predicted molar refractivity (Wildman–Crippen MR) is 109 cm³/mol. The molecule has 174 valence electrons. The van der Waals surface area contributed by atoms with Gasteiger partial charge in [0.2, 0.25) is 0 Å². The lowest BCUT2D eigenvalue weighted by atomic mass is 9.78. The van der Waals surface area contributed by atoms with Gasteiger partial charge >= 0.3 is 12.1 Å². The van der Waals surface area contributed by atoms with Crippen LogP contribution in [0.1, 0.15) is 12.5 Å². The summed E-state index contributed by atoms with van der Waals surface area (Å²) in [7, 11) is 2.37. The van der Waals surface area contributed by atoms with Crippen molar-refractivity contribution in [1.82, 2.24) is 4.90 Å². The van der Waals surface area contributed by atoms with E-state index in [2.05, 4.69) is 4.99 Å². The molecule has 0 N–H and O–H groups in total. The number of esters is 1. The van der Waals surface area contributed by atoms with Gasteiger partial charge in [-0.25, -0.2) is 23.5 Å². The van der Waals surface area contributed by atoms with Crippen molar-refractivity contribution in [2.24, 2.45) is 10.9 Å². The summed E-state index contributed by atoms with van der Waals surface area (Å²) in [6, 6.07) is 7.61. The molecule has 2 atom stereocenters. The normalized spacial score (nSPS) is 20.0. The van der Waals surface area contributed by atoms with E-state index in [1.807, 2.05) is 0 Å². The van der Waals surface area contributed by atoms with Crippen LogP contribution in [0.2, 0.25) is 0 Å². The minimum atomic E-state index is -1.46. The fourth-order valence-electron chi connectivity index (χ4n) is 3.40. The molecule has 1 aliphatic rings. The highest BCUT2D eigenvalue weighted by Crippen LogP contribution is 2.39. The van der Waals surface area contributed by atoms with E-state index in [1.165, 1.54) is 32.2 Å². The van der Waals surface area contributed by atoms with Crippen molar-refractivity contribution in [2.45, 2.75) is 12.5 Å². The monoisotopic (exact) mass is 463 g/mol. The SMILES string of the molecule is COC(=O)C1CN(C(=O)Oc2ccc([N+](=O)[O-])cc2)C(OC)=NC1(C)c1ccc(F)c(F)c1. The van der Waals surface area contributed by atoms with Crippen LogP contribution in [0.5, 0.6) is 5.75 Å². The van der Waals surface area contributed by atoms with Gasteiger partial charge in [-0.2, -0.15) is 0 Å². The first-order valence-electron chi connectivity index (χ1n) is 9.51. The predicted octanol–water partition coefficient (Wildman–Crippen LogP) is 3.39. The second-order valence-electron chi connectivity index (χ2n) is 7.18. The topological polar surface area (TPSA) is 121 Å². The molecule has 0 saturated carbocycles. The van der Waals surface area contributed by atoms with Crippen LogP contribution in [-0.4, -0.2) is 48.7 Å². The van der Waals surface area contributed by atoms with Crippen molar-refractivity contribution in [3.05, 3.63) is 69.8 Å². The Labute approximate surface area is 186 Å². The smallest absolute Gasteiger partial charge is 0.423 e. The molecule has 2 unspecified atom stereocenters. The van der Waals surface area contributed by atoms with Crippen LogP contribution < -0.4 is 4.74 Å². The Morgan fingerprint density at radius 3 is 2.36 bits per heavy atom. The van der Waals surface area contributed by atoms with Gasteiger partial charge in [-0.1, -0.05) is 6.07 Å². The molecule has 1 amide bonds. The average molecular weight is 463 g/mol. The summed E-state index contributed by atoms with van der Waals surface area (Å²) in [5.74, 6) is -4.09. The zero-order chi connectivity index (χ0) is 24.3. The first-order chi connectivity index (χ1) is 15.6. The first kappa shape index (κ1) is 23.6. The number of benzene rings is 2. The van der Waals surface area contributed by atoms with E-state index in [9.17, 15) is 28.5 Å². The van der Waals surface area contributed by atoms with Crippen molar-refractivity contribution >= 4 is 23.8 Å². The molecular formula is C21H19F2N3O7. The van der Waals surface area contributed by atoms with E-state index in [0.717, 1.165) is 36.3 Å². The number of ether oxygens (including phenoxy) is 3. The molecule has 0 fully saturated rings. The third-order valence-electron chi connectivity index (χ3n) is 5.25. The fourth-order valence-corrected chi connectivity index (χ4v) is 3.40. The molecule has 33 heavy (non-hydrogen) atoms. The molecule has 0 radical (unpaired) electrons. The third kappa shape index (κ3) is 4.59. The van der Waals surface area contributed by atoms with E-state index in [0.29, 0.717) is 0 Å². The summed E-state index contributed by atoms with van der Waals surface area (Å²) in [4.78, 5) is 40.8. The quantitative estimate of drug-likeness (QED) is 0.387. The molecule has 10 nitrogen and oxygen atoms in total. The number of rotatable bonds is 4. The summed E-state index contributed by atoms with van der Waals surface area (Å²) in [5, 5.41) is 10.8. The third-order valence-corrected chi connectivity index (χ3v) is 5.25. The number of amides is 1. The van der Waals surface area contributed by atoms with E-state index < -0.39 is 40.1 Å². The van der Waals surface area contributed by atoms with Crippen molar-refractivity contribution in [3.8, 4) is 5.75 Å². The zero-order valence-electron chi connectivity index (χ0n) is 17.8. The van der Waals surface area contributed by atoms with Gasteiger partial charge in [-0.15, -0.1) is 0 Å². The summed E-state index contributed by atoms with van der Waals surface area (Å²) in [6.45, 7) is 1.18. The Bertz CT molecular complexity index is 1120. The maximum atomic E-state index is 13.9. The molecule has 0 saturated heterocycles. The number of carbonyl (C=O) groups is 2.